The summed E-state index contributed by atoms with van der Waals surface area (Å²) in [5.74, 6) is -0.00924. The topological polar surface area (TPSA) is 46.2 Å². The lowest BCUT2D eigenvalue weighted by molar-refractivity contribution is 0.298. The summed E-state index contributed by atoms with van der Waals surface area (Å²) in [7, 11) is -3.36. The zero-order chi connectivity index (χ0) is 17.0. The summed E-state index contributed by atoms with van der Waals surface area (Å²) in [4.78, 5) is 1.30. The molecule has 3 nitrogen and oxygen atoms in total. The molecule has 1 N–H and O–H groups in total. The maximum Gasteiger partial charge on any atom is 0.215 e. The van der Waals surface area contributed by atoms with Gasteiger partial charge in [0.2, 0.25) is 10.0 Å². The van der Waals surface area contributed by atoms with Crippen LogP contribution in [0.1, 0.15) is 42.5 Å². The van der Waals surface area contributed by atoms with Gasteiger partial charge in [-0.3, -0.25) is 0 Å². The lowest BCUT2D eigenvalue weighted by Crippen LogP contribution is -2.42. The Hall–Kier alpha value is -0.880. The highest BCUT2D eigenvalue weighted by Crippen LogP contribution is 2.41. The first kappa shape index (κ1) is 17.9. The average molecular weight is 384 g/mol. The lowest BCUT2D eigenvalue weighted by Gasteiger charge is -2.36. The van der Waals surface area contributed by atoms with Gasteiger partial charge in [-0.2, -0.15) is 0 Å². The Morgan fingerprint density at radius 3 is 2.42 bits per heavy atom. The van der Waals surface area contributed by atoms with Crippen LogP contribution in [0.4, 0.5) is 0 Å². The van der Waals surface area contributed by atoms with Gasteiger partial charge in [0.05, 0.1) is 5.75 Å². The molecule has 0 unspecified atom stereocenters. The van der Waals surface area contributed by atoms with Gasteiger partial charge in [-0.15, -0.1) is 11.3 Å². The van der Waals surface area contributed by atoms with Gasteiger partial charge in [-0.25, -0.2) is 13.1 Å². The van der Waals surface area contributed by atoms with Crippen molar-refractivity contribution in [3.05, 3.63) is 57.2 Å². The van der Waals surface area contributed by atoms with Crippen molar-refractivity contribution in [2.24, 2.45) is 0 Å². The average Bonchev–Trinajstić information content (AvgIpc) is 3.11. The minimum atomic E-state index is -3.36. The Balaban J connectivity index is 1.70. The van der Waals surface area contributed by atoms with E-state index in [1.165, 1.54) is 11.3 Å². The molecule has 2 aromatic rings. The number of thiophene rings is 1. The van der Waals surface area contributed by atoms with E-state index in [0.717, 1.165) is 31.2 Å². The maximum atomic E-state index is 12.5. The molecule has 0 radical (unpaired) electrons. The fourth-order valence-electron chi connectivity index (χ4n) is 3.42. The minimum absolute atomic E-state index is 0.00924. The van der Waals surface area contributed by atoms with Crippen LogP contribution in [0, 0.1) is 0 Å². The van der Waals surface area contributed by atoms with E-state index >= 15 is 0 Å². The van der Waals surface area contributed by atoms with E-state index in [4.69, 9.17) is 11.6 Å². The van der Waals surface area contributed by atoms with Crippen LogP contribution in [0.25, 0.3) is 0 Å². The quantitative estimate of drug-likeness (QED) is 0.784. The third kappa shape index (κ3) is 4.39. The van der Waals surface area contributed by atoms with Crippen LogP contribution in [0.3, 0.4) is 0 Å². The smallest absolute Gasteiger partial charge is 0.214 e. The first-order valence-electron chi connectivity index (χ1n) is 8.25. The summed E-state index contributed by atoms with van der Waals surface area (Å²) in [6.07, 6.45) is 5.67. The van der Waals surface area contributed by atoms with Gasteiger partial charge in [-0.1, -0.05) is 49.1 Å². The fourth-order valence-corrected chi connectivity index (χ4v) is 5.76. The van der Waals surface area contributed by atoms with Crippen molar-refractivity contribution in [2.45, 2.75) is 43.3 Å². The van der Waals surface area contributed by atoms with Gasteiger partial charge in [-0.05, 0) is 42.0 Å². The molecule has 1 aliphatic rings. The number of halogens is 1. The first-order chi connectivity index (χ1) is 11.5. The Kier molecular flexibility index (Phi) is 5.65. The second kappa shape index (κ2) is 7.56. The number of hydrogen-bond donors (Lipinski definition) is 1. The van der Waals surface area contributed by atoms with Crippen molar-refractivity contribution < 1.29 is 8.42 Å². The molecule has 6 heteroatoms. The van der Waals surface area contributed by atoms with Crippen LogP contribution < -0.4 is 4.72 Å². The van der Waals surface area contributed by atoms with Gasteiger partial charge in [0, 0.05) is 21.9 Å². The van der Waals surface area contributed by atoms with Crippen LogP contribution >= 0.6 is 22.9 Å². The highest BCUT2D eigenvalue weighted by atomic mass is 35.5. The molecule has 1 fully saturated rings. The van der Waals surface area contributed by atoms with Gasteiger partial charge in [0.1, 0.15) is 0 Å². The van der Waals surface area contributed by atoms with Crippen molar-refractivity contribution in [3.63, 3.8) is 0 Å². The van der Waals surface area contributed by atoms with E-state index in [9.17, 15) is 8.42 Å². The van der Waals surface area contributed by atoms with Gasteiger partial charge in [0.15, 0.2) is 0 Å². The monoisotopic (exact) mass is 383 g/mol. The molecular weight excluding hydrogens is 362 g/mol. The Morgan fingerprint density at radius 2 is 1.79 bits per heavy atom. The third-order valence-corrected chi connectivity index (χ3v) is 7.42. The summed E-state index contributed by atoms with van der Waals surface area (Å²) >= 11 is 7.59. The Morgan fingerprint density at radius 1 is 1.08 bits per heavy atom. The van der Waals surface area contributed by atoms with Crippen molar-refractivity contribution in [1.29, 1.82) is 0 Å². The minimum Gasteiger partial charge on any atom is -0.214 e. The summed E-state index contributed by atoms with van der Waals surface area (Å²) < 4.78 is 27.9. The normalized spacial score (nSPS) is 17.7. The molecule has 0 bridgehead atoms. The van der Waals surface area contributed by atoms with Crippen molar-refractivity contribution in [1.82, 2.24) is 4.72 Å². The number of hydrogen-bond acceptors (Lipinski definition) is 3. The number of rotatable bonds is 6. The summed E-state index contributed by atoms with van der Waals surface area (Å²) in [5, 5.41) is 2.69. The molecule has 0 amide bonds. The fraction of sp³-hybridized carbons (Fsp3) is 0.444. The lowest BCUT2D eigenvalue weighted by atomic mass is 9.73. The van der Waals surface area contributed by atoms with Crippen LogP contribution in [0.2, 0.25) is 5.02 Å². The molecular formula is C18H22ClNO2S2. The maximum absolute atomic E-state index is 12.5. The molecule has 1 heterocycles. The van der Waals surface area contributed by atoms with Gasteiger partial charge in [0.25, 0.3) is 0 Å². The highest BCUT2D eigenvalue weighted by Gasteiger charge is 2.35. The second-order valence-corrected chi connectivity index (χ2v) is 9.72. The molecule has 0 atom stereocenters. The number of nitrogens with one attached hydrogen (secondary N) is 1. The third-order valence-electron chi connectivity index (χ3n) is 4.75. The second-order valence-electron chi connectivity index (χ2n) is 6.52. The van der Waals surface area contributed by atoms with Crippen LogP contribution in [0.15, 0.2) is 41.8 Å². The molecule has 1 aromatic heterocycles. The molecule has 0 saturated heterocycles. The molecule has 3 rings (SSSR count). The molecule has 0 spiro atoms. The van der Waals surface area contributed by atoms with Crippen LogP contribution in [-0.4, -0.2) is 15.0 Å². The molecule has 1 saturated carbocycles. The molecule has 1 aromatic carbocycles. The van der Waals surface area contributed by atoms with E-state index in [0.29, 0.717) is 11.6 Å². The molecule has 130 valence electrons. The van der Waals surface area contributed by atoms with Crippen LogP contribution in [0.5, 0.6) is 0 Å². The highest BCUT2D eigenvalue weighted by molar-refractivity contribution is 7.88. The largest absolute Gasteiger partial charge is 0.215 e. The predicted octanol–water partition coefficient (Wildman–Crippen LogP) is 4.72. The van der Waals surface area contributed by atoms with E-state index < -0.39 is 10.0 Å². The Bertz CT molecular complexity index is 749. The van der Waals surface area contributed by atoms with E-state index in [1.54, 1.807) is 35.6 Å². The zero-order valence-electron chi connectivity index (χ0n) is 13.5. The van der Waals surface area contributed by atoms with Crippen molar-refractivity contribution in [3.8, 4) is 0 Å². The first-order valence-corrected chi connectivity index (χ1v) is 11.2. The van der Waals surface area contributed by atoms with E-state index in [1.807, 2.05) is 0 Å². The van der Waals surface area contributed by atoms with Crippen LogP contribution in [-0.2, 0) is 21.2 Å². The SMILES string of the molecule is O=S(=O)(Cc1ccc(Cl)cc1)NCC1(c2cccs2)CCCCC1. The summed E-state index contributed by atoms with van der Waals surface area (Å²) in [6.45, 7) is 0.490. The molecule has 24 heavy (non-hydrogen) atoms. The van der Waals surface area contributed by atoms with Gasteiger partial charge < -0.3 is 0 Å². The summed E-state index contributed by atoms with van der Waals surface area (Å²) in [5.41, 5.74) is 0.708. The predicted molar refractivity (Wildman–Crippen MR) is 101 cm³/mol. The zero-order valence-corrected chi connectivity index (χ0v) is 15.9. The Labute approximate surface area is 153 Å². The van der Waals surface area contributed by atoms with Crippen molar-refractivity contribution in [2.75, 3.05) is 6.54 Å². The van der Waals surface area contributed by atoms with Gasteiger partial charge >= 0.3 is 0 Å². The standard InChI is InChI=1S/C18H22ClNO2S2/c19-16-8-6-15(7-9-16)13-24(21,22)20-14-18(10-2-1-3-11-18)17-5-4-12-23-17/h4-9,12,20H,1-3,10-11,13-14H2. The van der Waals surface area contributed by atoms with E-state index in [-0.39, 0.29) is 11.2 Å². The van der Waals surface area contributed by atoms with Crippen molar-refractivity contribution >= 4 is 33.0 Å². The number of sulfonamides is 1. The molecule has 1 aliphatic carbocycles. The number of benzene rings is 1. The van der Waals surface area contributed by atoms with E-state index in [2.05, 4.69) is 22.2 Å². The summed E-state index contributed by atoms with van der Waals surface area (Å²) in [6, 6.07) is 11.2. The molecule has 0 aliphatic heterocycles.